The second-order valence-electron chi connectivity index (χ2n) is 6.85. The number of aliphatic carboxylic acids is 1. The molecule has 0 saturated carbocycles. The molecule has 2 N–H and O–H groups in total. The van der Waals surface area contributed by atoms with Gasteiger partial charge in [0, 0.05) is 18.1 Å². The van der Waals surface area contributed by atoms with Crippen LogP contribution in [0.1, 0.15) is 5.56 Å². The first-order valence-corrected chi connectivity index (χ1v) is 10.4. The molecule has 0 aliphatic carbocycles. The molecule has 1 saturated heterocycles. The lowest BCUT2D eigenvalue weighted by Gasteiger charge is -2.49. The van der Waals surface area contributed by atoms with Crippen molar-refractivity contribution < 1.29 is 24.2 Å². The summed E-state index contributed by atoms with van der Waals surface area (Å²) in [5.41, 5.74) is 1.53. The monoisotopic (exact) mass is 425 g/mol. The Hall–Kier alpha value is -3.33. The van der Waals surface area contributed by atoms with Gasteiger partial charge in [-0.3, -0.25) is 19.5 Å². The Morgan fingerprint density at radius 2 is 2.03 bits per heavy atom. The molecule has 2 amide bonds. The normalized spacial score (nSPS) is 20.3. The molecule has 2 aliphatic rings. The van der Waals surface area contributed by atoms with Crippen molar-refractivity contribution in [2.75, 3.05) is 12.4 Å². The number of fused-ring (bicyclic) bond motifs is 1. The second kappa shape index (κ2) is 8.58. The van der Waals surface area contributed by atoms with Crippen LogP contribution in [-0.2, 0) is 20.8 Å². The van der Waals surface area contributed by atoms with Crippen LogP contribution < -0.4 is 10.1 Å². The predicted octanol–water partition coefficient (Wildman–Crippen LogP) is 1.44. The fourth-order valence-corrected chi connectivity index (χ4v) is 4.79. The number of carboxylic acids is 1. The van der Waals surface area contributed by atoms with Gasteiger partial charge in [-0.1, -0.05) is 24.3 Å². The Bertz CT molecular complexity index is 996. The highest BCUT2D eigenvalue weighted by Gasteiger charge is 2.54. The van der Waals surface area contributed by atoms with Gasteiger partial charge in [-0.2, -0.15) is 0 Å². The number of amides is 2. The Morgan fingerprint density at radius 1 is 1.23 bits per heavy atom. The number of nitrogens with one attached hydrogen (secondary N) is 1. The molecule has 1 aromatic carbocycles. The van der Waals surface area contributed by atoms with Crippen LogP contribution in [0, 0.1) is 0 Å². The van der Waals surface area contributed by atoms with Gasteiger partial charge in [0.1, 0.15) is 22.9 Å². The average molecular weight is 425 g/mol. The Balaban J connectivity index is 1.42. The maximum atomic E-state index is 12.7. The highest BCUT2D eigenvalue weighted by atomic mass is 32.2. The van der Waals surface area contributed by atoms with E-state index in [-0.39, 0.29) is 12.3 Å². The summed E-state index contributed by atoms with van der Waals surface area (Å²) >= 11 is 1.44. The first kappa shape index (κ1) is 20.0. The van der Waals surface area contributed by atoms with Crippen LogP contribution >= 0.6 is 11.8 Å². The number of ether oxygens (including phenoxy) is 1. The van der Waals surface area contributed by atoms with Crippen LogP contribution in [0.25, 0.3) is 0 Å². The molecule has 30 heavy (non-hydrogen) atoms. The highest BCUT2D eigenvalue weighted by Crippen LogP contribution is 2.41. The number of hydrogen-bond acceptors (Lipinski definition) is 6. The van der Waals surface area contributed by atoms with E-state index in [1.54, 1.807) is 42.7 Å². The topological polar surface area (TPSA) is 109 Å². The minimum Gasteiger partial charge on any atom is -0.484 e. The number of hydrogen-bond donors (Lipinski definition) is 2. The van der Waals surface area contributed by atoms with E-state index in [0.29, 0.717) is 23.5 Å². The van der Waals surface area contributed by atoms with Crippen molar-refractivity contribution in [3.63, 3.8) is 0 Å². The van der Waals surface area contributed by atoms with Gasteiger partial charge in [-0.15, -0.1) is 11.8 Å². The van der Waals surface area contributed by atoms with Crippen molar-refractivity contribution in [2.45, 2.75) is 17.8 Å². The number of β-lactam (4-membered cyclic amide) rings is 1. The number of para-hydroxylation sites is 1. The van der Waals surface area contributed by atoms with Gasteiger partial charge in [-0.05, 0) is 35.8 Å². The van der Waals surface area contributed by atoms with Gasteiger partial charge < -0.3 is 15.2 Å². The molecule has 8 nitrogen and oxygen atoms in total. The zero-order valence-electron chi connectivity index (χ0n) is 15.9. The number of carboxylic acid groups (broad SMARTS) is 1. The molecule has 3 heterocycles. The van der Waals surface area contributed by atoms with Gasteiger partial charge in [-0.25, -0.2) is 4.79 Å². The van der Waals surface area contributed by atoms with Crippen molar-refractivity contribution in [3.8, 4) is 5.75 Å². The molecular weight excluding hydrogens is 406 g/mol. The van der Waals surface area contributed by atoms with Crippen molar-refractivity contribution in [2.24, 2.45) is 0 Å². The molecule has 1 fully saturated rings. The number of nitrogens with zero attached hydrogens (tertiary/aromatic N) is 2. The summed E-state index contributed by atoms with van der Waals surface area (Å²) in [4.78, 5) is 42.1. The third-order valence-electron chi connectivity index (χ3n) is 4.82. The quantitative estimate of drug-likeness (QED) is 0.646. The van der Waals surface area contributed by atoms with Gasteiger partial charge in [0.25, 0.3) is 11.8 Å². The number of pyridine rings is 1. The standard InChI is InChI=1S/C21H19N3O5S/c25-16(11-29-15-6-2-1-3-7-15)23-17-19(26)24-18(21(27)28)14(12-30-20(17)24)9-13-5-4-8-22-10-13/h1-8,10,17,20H,9,11-12H2,(H,23,25)(H,27,28). The third-order valence-corrected chi connectivity index (χ3v) is 6.16. The highest BCUT2D eigenvalue weighted by molar-refractivity contribution is 8.00. The molecule has 0 radical (unpaired) electrons. The molecule has 1 aromatic heterocycles. The van der Waals surface area contributed by atoms with Gasteiger partial charge in [0.15, 0.2) is 6.61 Å². The van der Waals surface area contributed by atoms with Gasteiger partial charge in [0.05, 0.1) is 0 Å². The Kier molecular flexibility index (Phi) is 5.71. The molecule has 4 rings (SSSR count). The van der Waals surface area contributed by atoms with Crippen molar-refractivity contribution in [1.82, 2.24) is 15.2 Å². The van der Waals surface area contributed by atoms with Crippen LogP contribution in [0.5, 0.6) is 5.75 Å². The minimum atomic E-state index is -1.15. The largest absolute Gasteiger partial charge is 0.484 e. The fraction of sp³-hybridized carbons (Fsp3) is 0.238. The van der Waals surface area contributed by atoms with E-state index >= 15 is 0 Å². The van der Waals surface area contributed by atoms with E-state index in [4.69, 9.17) is 4.74 Å². The first-order chi connectivity index (χ1) is 14.5. The molecule has 2 unspecified atom stereocenters. The van der Waals surface area contributed by atoms with E-state index in [9.17, 15) is 19.5 Å². The minimum absolute atomic E-state index is 0.00126. The number of aromatic nitrogens is 1. The third kappa shape index (κ3) is 4.02. The van der Waals surface area contributed by atoms with Crippen LogP contribution in [0.3, 0.4) is 0 Å². The molecule has 2 aromatic rings. The Labute approximate surface area is 176 Å². The smallest absolute Gasteiger partial charge is 0.352 e. The lowest BCUT2D eigenvalue weighted by atomic mass is 9.99. The summed E-state index contributed by atoms with van der Waals surface area (Å²) < 4.78 is 5.40. The second-order valence-corrected chi connectivity index (χ2v) is 7.96. The molecule has 9 heteroatoms. The van der Waals surface area contributed by atoms with Crippen molar-refractivity contribution in [3.05, 3.63) is 71.7 Å². The molecule has 2 aliphatic heterocycles. The van der Waals surface area contributed by atoms with Crippen LogP contribution in [0.2, 0.25) is 0 Å². The summed E-state index contributed by atoms with van der Waals surface area (Å²) in [7, 11) is 0. The summed E-state index contributed by atoms with van der Waals surface area (Å²) in [5, 5.41) is 11.9. The number of rotatable bonds is 7. The molecular formula is C21H19N3O5S. The zero-order valence-corrected chi connectivity index (χ0v) is 16.7. The van der Waals surface area contributed by atoms with E-state index < -0.39 is 29.2 Å². The van der Waals surface area contributed by atoms with E-state index in [1.807, 2.05) is 12.1 Å². The number of thioether (sulfide) groups is 1. The first-order valence-electron chi connectivity index (χ1n) is 9.30. The summed E-state index contributed by atoms with van der Waals surface area (Å²) in [6.07, 6.45) is 3.73. The maximum absolute atomic E-state index is 12.7. The van der Waals surface area contributed by atoms with E-state index in [0.717, 1.165) is 5.56 Å². The lowest BCUT2D eigenvalue weighted by Crippen LogP contribution is -2.70. The van der Waals surface area contributed by atoms with Gasteiger partial charge >= 0.3 is 5.97 Å². The lowest BCUT2D eigenvalue weighted by molar-refractivity contribution is -0.151. The zero-order chi connectivity index (χ0) is 21.1. The van der Waals surface area contributed by atoms with Crippen LogP contribution in [0.15, 0.2) is 66.1 Å². The number of carbonyl (C=O) groups excluding carboxylic acids is 2. The summed E-state index contributed by atoms with van der Waals surface area (Å²) in [6.45, 7) is -0.223. The summed E-state index contributed by atoms with van der Waals surface area (Å²) in [6, 6.07) is 11.8. The predicted molar refractivity (Wildman–Crippen MR) is 110 cm³/mol. The van der Waals surface area contributed by atoms with Crippen LogP contribution in [-0.4, -0.2) is 56.5 Å². The molecule has 2 atom stereocenters. The SMILES string of the molecule is O=C(COc1ccccc1)NC1C(=O)N2C(C(=O)O)=C(Cc3cccnc3)CSC12. The van der Waals surface area contributed by atoms with Crippen molar-refractivity contribution in [1.29, 1.82) is 0 Å². The summed E-state index contributed by atoms with van der Waals surface area (Å²) in [5.74, 6) is -0.999. The molecule has 0 bridgehead atoms. The van der Waals surface area contributed by atoms with Crippen molar-refractivity contribution >= 4 is 29.5 Å². The number of benzene rings is 1. The van der Waals surface area contributed by atoms with Gasteiger partial charge in [0.2, 0.25) is 0 Å². The Morgan fingerprint density at radius 3 is 2.73 bits per heavy atom. The van der Waals surface area contributed by atoms with Crippen LogP contribution in [0.4, 0.5) is 0 Å². The maximum Gasteiger partial charge on any atom is 0.352 e. The van der Waals surface area contributed by atoms with E-state index in [2.05, 4.69) is 10.3 Å². The molecule has 154 valence electrons. The average Bonchev–Trinajstić information content (AvgIpc) is 2.77. The fourth-order valence-electron chi connectivity index (χ4n) is 3.45. The van der Waals surface area contributed by atoms with E-state index in [1.165, 1.54) is 16.7 Å². The number of carbonyl (C=O) groups is 3. The molecule has 0 spiro atoms.